The zero-order chi connectivity index (χ0) is 15.1. The molecule has 0 bridgehead atoms. The fourth-order valence-electron chi connectivity index (χ4n) is 2.45. The first-order chi connectivity index (χ1) is 10.1. The summed E-state index contributed by atoms with van der Waals surface area (Å²) in [5.41, 5.74) is 1.61. The number of anilines is 1. The summed E-state index contributed by atoms with van der Waals surface area (Å²) in [6, 6.07) is 7.30. The van der Waals surface area contributed by atoms with Crippen molar-refractivity contribution < 1.29 is 9.59 Å². The van der Waals surface area contributed by atoms with E-state index >= 15 is 0 Å². The topological polar surface area (TPSA) is 58.2 Å². The lowest BCUT2D eigenvalue weighted by molar-refractivity contribution is -0.124. The van der Waals surface area contributed by atoms with Gasteiger partial charge in [-0.15, -0.1) is 0 Å². The van der Waals surface area contributed by atoms with Gasteiger partial charge in [0.15, 0.2) is 0 Å². The van der Waals surface area contributed by atoms with Crippen LogP contribution in [0.25, 0.3) is 0 Å². The van der Waals surface area contributed by atoms with E-state index in [2.05, 4.69) is 22.5 Å². The van der Waals surface area contributed by atoms with Crippen LogP contribution in [-0.2, 0) is 9.59 Å². The van der Waals surface area contributed by atoms with Crippen molar-refractivity contribution in [3.8, 4) is 11.8 Å². The highest BCUT2D eigenvalue weighted by Crippen LogP contribution is 2.24. The Bertz CT molecular complexity index is 561. The molecule has 0 aliphatic heterocycles. The van der Waals surface area contributed by atoms with Crippen LogP contribution in [0.5, 0.6) is 0 Å². The molecular weight excluding hydrogens is 264 g/mol. The molecule has 0 heterocycles. The van der Waals surface area contributed by atoms with E-state index < -0.39 is 0 Å². The van der Waals surface area contributed by atoms with Gasteiger partial charge in [0, 0.05) is 24.1 Å². The molecule has 1 aromatic rings. The zero-order valence-electron chi connectivity index (χ0n) is 12.2. The summed E-state index contributed by atoms with van der Waals surface area (Å²) in [4.78, 5) is 22.7. The van der Waals surface area contributed by atoms with Crippen molar-refractivity contribution in [2.75, 3.05) is 11.9 Å². The summed E-state index contributed by atoms with van der Waals surface area (Å²) in [6.45, 7) is 1.85. The minimum absolute atomic E-state index is 0.0940. The van der Waals surface area contributed by atoms with Crippen LogP contribution in [0.3, 0.4) is 0 Å². The molecule has 2 amide bonds. The monoisotopic (exact) mass is 284 g/mol. The van der Waals surface area contributed by atoms with Gasteiger partial charge in [0.1, 0.15) is 0 Å². The van der Waals surface area contributed by atoms with E-state index in [-0.39, 0.29) is 17.7 Å². The zero-order valence-corrected chi connectivity index (χ0v) is 12.2. The number of benzene rings is 1. The lowest BCUT2D eigenvalue weighted by Gasteiger charge is -2.07. The number of amides is 2. The van der Waals surface area contributed by atoms with Crippen LogP contribution in [0.4, 0.5) is 5.69 Å². The first-order valence-corrected chi connectivity index (χ1v) is 7.29. The Morgan fingerprint density at radius 3 is 2.48 bits per heavy atom. The van der Waals surface area contributed by atoms with E-state index in [4.69, 9.17) is 0 Å². The maximum Gasteiger partial charge on any atom is 0.223 e. The first-order valence-electron chi connectivity index (χ1n) is 7.29. The van der Waals surface area contributed by atoms with E-state index in [9.17, 15) is 9.59 Å². The summed E-state index contributed by atoms with van der Waals surface area (Å²) in [7, 11) is 0. The van der Waals surface area contributed by atoms with Crippen LogP contribution in [0.15, 0.2) is 24.3 Å². The van der Waals surface area contributed by atoms with Crippen molar-refractivity contribution in [3.05, 3.63) is 29.8 Å². The van der Waals surface area contributed by atoms with Gasteiger partial charge in [-0.1, -0.05) is 24.7 Å². The van der Waals surface area contributed by atoms with Crippen LogP contribution in [0.2, 0.25) is 0 Å². The van der Waals surface area contributed by atoms with Gasteiger partial charge in [0.05, 0.1) is 6.54 Å². The molecule has 110 valence electrons. The second-order valence-corrected chi connectivity index (χ2v) is 5.26. The summed E-state index contributed by atoms with van der Waals surface area (Å²) in [5.74, 6) is 6.16. The number of nitrogens with one attached hydrogen (secondary N) is 2. The second kappa shape index (κ2) is 7.49. The van der Waals surface area contributed by atoms with Crippen molar-refractivity contribution in [1.29, 1.82) is 0 Å². The van der Waals surface area contributed by atoms with Crippen molar-refractivity contribution in [2.24, 2.45) is 5.92 Å². The van der Waals surface area contributed by atoms with Gasteiger partial charge in [-0.25, -0.2) is 0 Å². The molecule has 0 unspecified atom stereocenters. The molecular formula is C17H20N2O2. The smallest absolute Gasteiger partial charge is 0.223 e. The van der Waals surface area contributed by atoms with Gasteiger partial charge in [-0.05, 0) is 37.1 Å². The van der Waals surface area contributed by atoms with Crippen LogP contribution in [0.1, 0.15) is 38.2 Å². The SMILES string of the molecule is CC(=O)Nc1ccc(C#CCNC(=O)C2CCCC2)cc1. The van der Waals surface area contributed by atoms with Gasteiger partial charge in [-0.3, -0.25) is 9.59 Å². The predicted octanol–water partition coefficient (Wildman–Crippen LogP) is 2.30. The quantitative estimate of drug-likeness (QED) is 0.837. The number of hydrogen-bond acceptors (Lipinski definition) is 2. The number of carbonyl (C=O) groups is 2. The van der Waals surface area contributed by atoms with Crippen LogP contribution < -0.4 is 10.6 Å². The Labute approximate surface area is 125 Å². The highest BCUT2D eigenvalue weighted by Gasteiger charge is 2.21. The normalized spacial score (nSPS) is 14.1. The van der Waals surface area contributed by atoms with E-state index in [1.165, 1.54) is 6.92 Å². The molecule has 1 aromatic carbocycles. The van der Waals surface area contributed by atoms with Gasteiger partial charge >= 0.3 is 0 Å². The third-order valence-electron chi connectivity index (χ3n) is 3.51. The summed E-state index contributed by atoms with van der Waals surface area (Å²) < 4.78 is 0. The fourth-order valence-corrected chi connectivity index (χ4v) is 2.45. The fraction of sp³-hybridized carbons (Fsp3) is 0.412. The van der Waals surface area contributed by atoms with Gasteiger partial charge in [0.2, 0.25) is 11.8 Å². The van der Waals surface area contributed by atoms with Crippen molar-refractivity contribution in [1.82, 2.24) is 5.32 Å². The third-order valence-corrected chi connectivity index (χ3v) is 3.51. The average Bonchev–Trinajstić information content (AvgIpc) is 2.99. The third kappa shape index (κ3) is 4.96. The Morgan fingerprint density at radius 2 is 1.86 bits per heavy atom. The van der Waals surface area contributed by atoms with Crippen molar-refractivity contribution in [3.63, 3.8) is 0 Å². The highest BCUT2D eigenvalue weighted by atomic mass is 16.2. The van der Waals surface area contributed by atoms with Gasteiger partial charge in [-0.2, -0.15) is 0 Å². The standard InChI is InChI=1S/C17H20N2O2/c1-13(20)19-16-10-8-14(9-11-16)5-4-12-18-17(21)15-6-2-3-7-15/h8-11,15H,2-3,6-7,12H2,1H3,(H,18,21)(H,19,20). The molecule has 0 spiro atoms. The molecule has 1 fully saturated rings. The van der Waals surface area contributed by atoms with Crippen LogP contribution in [-0.4, -0.2) is 18.4 Å². The maximum absolute atomic E-state index is 11.8. The Hall–Kier alpha value is -2.28. The number of rotatable bonds is 3. The molecule has 21 heavy (non-hydrogen) atoms. The molecule has 1 aliphatic carbocycles. The molecule has 2 N–H and O–H groups in total. The van der Waals surface area contributed by atoms with E-state index in [1.807, 2.05) is 24.3 Å². The Kier molecular flexibility index (Phi) is 5.39. The lowest BCUT2D eigenvalue weighted by atomic mass is 10.1. The summed E-state index contributed by atoms with van der Waals surface area (Å²) in [6.07, 6.45) is 4.32. The molecule has 1 saturated carbocycles. The molecule has 2 rings (SSSR count). The second-order valence-electron chi connectivity index (χ2n) is 5.26. The Morgan fingerprint density at radius 1 is 1.19 bits per heavy atom. The summed E-state index contributed by atoms with van der Waals surface area (Å²) >= 11 is 0. The lowest BCUT2D eigenvalue weighted by Crippen LogP contribution is -2.29. The minimum atomic E-state index is -0.0940. The number of carbonyl (C=O) groups excluding carboxylic acids is 2. The highest BCUT2D eigenvalue weighted by molar-refractivity contribution is 5.88. The average molecular weight is 284 g/mol. The van der Waals surface area contributed by atoms with E-state index in [0.29, 0.717) is 6.54 Å². The molecule has 0 saturated heterocycles. The molecule has 1 aliphatic rings. The maximum atomic E-state index is 11.8. The predicted molar refractivity (Wildman–Crippen MR) is 82.6 cm³/mol. The molecule has 4 heteroatoms. The largest absolute Gasteiger partial charge is 0.345 e. The molecule has 0 radical (unpaired) electrons. The number of hydrogen-bond donors (Lipinski definition) is 2. The molecule has 0 aromatic heterocycles. The molecule has 4 nitrogen and oxygen atoms in total. The van der Waals surface area contributed by atoms with Crippen molar-refractivity contribution >= 4 is 17.5 Å². The minimum Gasteiger partial charge on any atom is -0.345 e. The van der Waals surface area contributed by atoms with Crippen LogP contribution >= 0.6 is 0 Å². The van der Waals surface area contributed by atoms with Crippen molar-refractivity contribution in [2.45, 2.75) is 32.6 Å². The molecule has 0 atom stereocenters. The first kappa shape index (κ1) is 15.1. The van der Waals surface area contributed by atoms with E-state index in [0.717, 1.165) is 36.9 Å². The van der Waals surface area contributed by atoms with Gasteiger partial charge in [0.25, 0.3) is 0 Å². The van der Waals surface area contributed by atoms with Crippen LogP contribution in [0, 0.1) is 17.8 Å². The summed E-state index contributed by atoms with van der Waals surface area (Å²) in [5, 5.41) is 5.56. The van der Waals surface area contributed by atoms with E-state index in [1.54, 1.807) is 0 Å². The Balaban J connectivity index is 1.79. The van der Waals surface area contributed by atoms with Gasteiger partial charge < -0.3 is 10.6 Å².